The third-order valence-corrected chi connectivity index (χ3v) is 4.45. The van der Waals surface area contributed by atoms with E-state index in [0.29, 0.717) is 11.5 Å². The Bertz CT molecular complexity index is 592. The van der Waals surface area contributed by atoms with E-state index in [2.05, 4.69) is 31.3 Å². The molecule has 2 aromatic carbocycles. The second-order valence-corrected chi connectivity index (χ2v) is 6.49. The van der Waals surface area contributed by atoms with E-state index >= 15 is 0 Å². The lowest BCUT2D eigenvalue weighted by molar-refractivity contribution is 0.349. The molecule has 1 aliphatic carbocycles. The zero-order chi connectivity index (χ0) is 14.7. The summed E-state index contributed by atoms with van der Waals surface area (Å²) in [5, 5.41) is 3.69. The fourth-order valence-corrected chi connectivity index (χ4v) is 3.07. The highest BCUT2D eigenvalue weighted by Gasteiger charge is 2.34. The Balaban J connectivity index is 1.80. The van der Waals surface area contributed by atoms with E-state index in [-0.39, 0.29) is 0 Å². The molecule has 1 saturated carbocycles. The van der Waals surface area contributed by atoms with Crippen molar-refractivity contribution in [1.82, 2.24) is 0 Å². The van der Waals surface area contributed by atoms with Gasteiger partial charge in [0.2, 0.25) is 0 Å². The minimum atomic E-state index is 0.347. The third-order valence-electron chi connectivity index (χ3n) is 4.45. The fraction of sp³-hybridized carbons (Fsp3) is 0.368. The van der Waals surface area contributed by atoms with Crippen molar-refractivity contribution in [2.24, 2.45) is 5.41 Å². The van der Waals surface area contributed by atoms with Gasteiger partial charge in [0.05, 0.1) is 5.69 Å². The molecule has 1 atom stereocenters. The second-order valence-electron chi connectivity index (χ2n) is 6.49. The summed E-state index contributed by atoms with van der Waals surface area (Å²) < 4.78 is 6.03. The Labute approximate surface area is 127 Å². The first-order chi connectivity index (χ1) is 10.1. The predicted molar refractivity (Wildman–Crippen MR) is 88.0 cm³/mol. The molecule has 0 amide bonds. The number of benzene rings is 2. The van der Waals surface area contributed by atoms with Gasteiger partial charge in [-0.3, -0.25) is 0 Å². The largest absolute Gasteiger partial charge is 0.455 e. The lowest BCUT2D eigenvalue weighted by atomic mass is 9.87. The summed E-state index contributed by atoms with van der Waals surface area (Å²) in [7, 11) is 0. The van der Waals surface area contributed by atoms with Crippen molar-refractivity contribution in [3.05, 3.63) is 54.6 Å². The van der Waals surface area contributed by atoms with Crippen LogP contribution in [0.25, 0.3) is 0 Å². The van der Waals surface area contributed by atoms with E-state index in [4.69, 9.17) is 4.74 Å². The molecule has 2 aromatic rings. The van der Waals surface area contributed by atoms with Crippen LogP contribution in [0.5, 0.6) is 11.5 Å². The molecule has 2 heteroatoms. The summed E-state index contributed by atoms with van der Waals surface area (Å²) >= 11 is 0. The first-order valence-corrected chi connectivity index (χ1v) is 7.74. The molecule has 1 N–H and O–H groups in total. The van der Waals surface area contributed by atoms with Crippen molar-refractivity contribution in [3.8, 4) is 11.5 Å². The fourth-order valence-electron chi connectivity index (χ4n) is 3.07. The molecule has 0 radical (unpaired) electrons. The average molecular weight is 281 g/mol. The zero-order valence-corrected chi connectivity index (χ0v) is 12.8. The molecule has 21 heavy (non-hydrogen) atoms. The van der Waals surface area contributed by atoms with Crippen LogP contribution in [0.4, 0.5) is 5.69 Å². The van der Waals surface area contributed by atoms with Gasteiger partial charge in [-0.1, -0.05) is 50.6 Å². The van der Waals surface area contributed by atoms with E-state index in [1.165, 1.54) is 19.3 Å². The minimum absolute atomic E-state index is 0.347. The zero-order valence-electron chi connectivity index (χ0n) is 12.8. The van der Waals surface area contributed by atoms with E-state index in [1.54, 1.807) is 0 Å². The van der Waals surface area contributed by atoms with Crippen LogP contribution in [0, 0.1) is 5.41 Å². The number of ether oxygens (including phenoxy) is 1. The Hall–Kier alpha value is -1.96. The van der Waals surface area contributed by atoms with Crippen molar-refractivity contribution in [3.63, 3.8) is 0 Å². The third kappa shape index (κ3) is 3.21. The molecule has 0 bridgehead atoms. The number of hydrogen-bond donors (Lipinski definition) is 1. The van der Waals surface area contributed by atoms with Crippen molar-refractivity contribution >= 4 is 5.69 Å². The highest BCUT2D eigenvalue weighted by molar-refractivity contribution is 5.58. The molecular weight excluding hydrogens is 258 g/mol. The topological polar surface area (TPSA) is 21.3 Å². The van der Waals surface area contributed by atoms with Gasteiger partial charge in [0.1, 0.15) is 5.75 Å². The monoisotopic (exact) mass is 281 g/mol. The number of para-hydroxylation sites is 3. The Morgan fingerprint density at radius 3 is 2.43 bits per heavy atom. The van der Waals surface area contributed by atoms with Crippen LogP contribution in [0.2, 0.25) is 0 Å². The van der Waals surface area contributed by atoms with Gasteiger partial charge < -0.3 is 10.1 Å². The van der Waals surface area contributed by atoms with Crippen molar-refractivity contribution in [1.29, 1.82) is 0 Å². The van der Waals surface area contributed by atoms with Gasteiger partial charge >= 0.3 is 0 Å². The van der Waals surface area contributed by atoms with Crippen LogP contribution >= 0.6 is 0 Å². The minimum Gasteiger partial charge on any atom is -0.455 e. The summed E-state index contributed by atoms with van der Waals surface area (Å²) in [6.45, 7) is 4.69. The molecule has 0 aliphatic heterocycles. The van der Waals surface area contributed by atoms with Crippen LogP contribution in [-0.2, 0) is 0 Å². The molecule has 2 nitrogen and oxygen atoms in total. The highest BCUT2D eigenvalue weighted by atomic mass is 16.5. The maximum Gasteiger partial charge on any atom is 0.150 e. The van der Waals surface area contributed by atoms with Gasteiger partial charge in [-0.15, -0.1) is 0 Å². The summed E-state index contributed by atoms with van der Waals surface area (Å²) in [6.07, 6.45) is 3.81. The van der Waals surface area contributed by atoms with Crippen LogP contribution in [0.15, 0.2) is 54.6 Å². The number of hydrogen-bond acceptors (Lipinski definition) is 2. The Morgan fingerprint density at radius 1 is 1.00 bits per heavy atom. The SMILES string of the molecule is CC1(C)CCCC1Nc1ccccc1Oc1ccccc1. The molecule has 0 saturated heterocycles. The summed E-state index contributed by atoms with van der Waals surface area (Å²) in [5.41, 5.74) is 1.43. The predicted octanol–water partition coefficient (Wildman–Crippen LogP) is 5.47. The van der Waals surface area contributed by atoms with Gasteiger partial charge in [0, 0.05) is 6.04 Å². The number of rotatable bonds is 4. The maximum absolute atomic E-state index is 6.03. The number of anilines is 1. The normalized spacial score (nSPS) is 20.2. The maximum atomic E-state index is 6.03. The Kier molecular flexibility index (Phi) is 3.87. The molecule has 0 aromatic heterocycles. The summed E-state index contributed by atoms with van der Waals surface area (Å²) in [4.78, 5) is 0. The first kappa shape index (κ1) is 14.0. The van der Waals surface area contributed by atoms with Crippen LogP contribution in [0.3, 0.4) is 0 Å². The molecule has 0 heterocycles. The first-order valence-electron chi connectivity index (χ1n) is 7.74. The molecule has 1 fully saturated rings. The van der Waals surface area contributed by atoms with Crippen molar-refractivity contribution in [2.45, 2.75) is 39.2 Å². The quantitative estimate of drug-likeness (QED) is 0.802. The summed E-state index contributed by atoms with van der Waals surface area (Å²) in [6, 6.07) is 18.7. The van der Waals surface area contributed by atoms with Gasteiger partial charge in [-0.25, -0.2) is 0 Å². The van der Waals surface area contributed by atoms with Gasteiger partial charge in [-0.05, 0) is 42.5 Å². The van der Waals surface area contributed by atoms with Crippen molar-refractivity contribution in [2.75, 3.05) is 5.32 Å². The summed E-state index contributed by atoms with van der Waals surface area (Å²) in [5.74, 6) is 1.77. The van der Waals surface area contributed by atoms with Crippen LogP contribution < -0.4 is 10.1 Å². The molecule has 1 unspecified atom stereocenters. The van der Waals surface area contributed by atoms with Crippen molar-refractivity contribution < 1.29 is 4.74 Å². The van der Waals surface area contributed by atoms with E-state index in [9.17, 15) is 0 Å². The standard InChI is InChI=1S/C19H23NO/c1-19(2)14-8-13-18(19)20-16-11-6-7-12-17(16)21-15-9-4-3-5-10-15/h3-7,9-12,18,20H,8,13-14H2,1-2H3. The highest BCUT2D eigenvalue weighted by Crippen LogP contribution is 2.40. The molecule has 3 rings (SSSR count). The smallest absolute Gasteiger partial charge is 0.150 e. The van der Waals surface area contributed by atoms with E-state index < -0.39 is 0 Å². The van der Waals surface area contributed by atoms with Gasteiger partial charge in [0.25, 0.3) is 0 Å². The lowest BCUT2D eigenvalue weighted by Gasteiger charge is -2.29. The number of nitrogens with one attached hydrogen (secondary N) is 1. The van der Waals surface area contributed by atoms with Crippen LogP contribution in [0.1, 0.15) is 33.1 Å². The van der Waals surface area contributed by atoms with E-state index in [0.717, 1.165) is 17.2 Å². The molecule has 110 valence electrons. The average Bonchev–Trinajstić information content (AvgIpc) is 2.81. The second kappa shape index (κ2) is 5.80. The van der Waals surface area contributed by atoms with Gasteiger partial charge in [0.15, 0.2) is 5.75 Å². The molecule has 0 spiro atoms. The molecule has 1 aliphatic rings. The Morgan fingerprint density at radius 2 is 1.71 bits per heavy atom. The lowest BCUT2D eigenvalue weighted by Crippen LogP contribution is -2.30. The van der Waals surface area contributed by atoms with Crippen LogP contribution in [-0.4, -0.2) is 6.04 Å². The van der Waals surface area contributed by atoms with E-state index in [1.807, 2.05) is 42.5 Å². The molecular formula is C19H23NO. The van der Waals surface area contributed by atoms with Gasteiger partial charge in [-0.2, -0.15) is 0 Å².